The number of methoxy groups -OCH3 is 1. The standard InChI is InChI=1S/C19H21NO2S/c1-20(14-15-8-11-17(23-3)12-9-15)19(21)13-10-16-6-4-5-7-18(16)22-2/h4-13H,14H2,1-3H3/b13-10+. The van der Waals surface area contributed by atoms with Gasteiger partial charge in [0.1, 0.15) is 5.75 Å². The number of carbonyl (C=O) groups is 1. The van der Waals surface area contributed by atoms with Crippen molar-refractivity contribution in [1.29, 1.82) is 0 Å². The Bertz CT molecular complexity index is 680. The summed E-state index contributed by atoms with van der Waals surface area (Å²) in [6.07, 6.45) is 5.41. The lowest BCUT2D eigenvalue weighted by Gasteiger charge is -2.15. The second-order valence-corrected chi connectivity index (χ2v) is 6.00. The van der Waals surface area contributed by atoms with Crippen LogP contribution in [0.1, 0.15) is 11.1 Å². The molecular formula is C19H21NO2S. The minimum Gasteiger partial charge on any atom is -0.496 e. The van der Waals surface area contributed by atoms with Crippen LogP contribution in [-0.4, -0.2) is 31.2 Å². The van der Waals surface area contributed by atoms with Crippen LogP contribution >= 0.6 is 11.8 Å². The van der Waals surface area contributed by atoms with E-state index in [4.69, 9.17) is 4.74 Å². The molecule has 1 amide bonds. The lowest BCUT2D eigenvalue weighted by atomic mass is 10.2. The number of hydrogen-bond acceptors (Lipinski definition) is 3. The molecule has 4 heteroatoms. The van der Waals surface area contributed by atoms with Gasteiger partial charge < -0.3 is 9.64 Å². The Kier molecular flexibility index (Phi) is 6.29. The Morgan fingerprint density at radius 2 is 1.87 bits per heavy atom. The van der Waals surface area contributed by atoms with Crippen molar-refractivity contribution >= 4 is 23.7 Å². The number of thioether (sulfide) groups is 1. The third kappa shape index (κ3) is 4.89. The molecule has 0 spiro atoms. The van der Waals surface area contributed by atoms with Gasteiger partial charge in [-0.15, -0.1) is 11.8 Å². The first-order valence-corrected chi connectivity index (χ1v) is 8.55. The van der Waals surface area contributed by atoms with Crippen LogP contribution in [0.25, 0.3) is 6.08 Å². The number of amides is 1. The molecule has 0 saturated carbocycles. The maximum Gasteiger partial charge on any atom is 0.246 e. The Morgan fingerprint density at radius 3 is 2.52 bits per heavy atom. The third-order valence-corrected chi connectivity index (χ3v) is 4.24. The van der Waals surface area contributed by atoms with Gasteiger partial charge in [0.15, 0.2) is 0 Å². The van der Waals surface area contributed by atoms with Crippen LogP contribution in [0.3, 0.4) is 0 Å². The average Bonchev–Trinajstić information content (AvgIpc) is 2.60. The van der Waals surface area contributed by atoms with Crippen LogP contribution in [0.15, 0.2) is 59.5 Å². The normalized spacial score (nSPS) is 10.7. The first-order chi connectivity index (χ1) is 11.1. The molecule has 0 bridgehead atoms. The Hall–Kier alpha value is -2.20. The fourth-order valence-electron chi connectivity index (χ4n) is 2.18. The summed E-state index contributed by atoms with van der Waals surface area (Å²) in [6, 6.07) is 15.9. The highest BCUT2D eigenvalue weighted by Crippen LogP contribution is 2.19. The summed E-state index contributed by atoms with van der Waals surface area (Å²) >= 11 is 1.71. The molecule has 2 rings (SSSR count). The predicted molar refractivity (Wildman–Crippen MR) is 96.7 cm³/mol. The average molecular weight is 327 g/mol. The van der Waals surface area contributed by atoms with E-state index in [0.717, 1.165) is 16.9 Å². The number of ether oxygens (including phenoxy) is 1. The molecule has 0 atom stereocenters. The van der Waals surface area contributed by atoms with Gasteiger partial charge in [0, 0.05) is 30.1 Å². The van der Waals surface area contributed by atoms with Gasteiger partial charge in [-0.1, -0.05) is 30.3 Å². The lowest BCUT2D eigenvalue weighted by Crippen LogP contribution is -2.24. The number of benzene rings is 2. The van der Waals surface area contributed by atoms with Crippen LogP contribution < -0.4 is 4.74 Å². The molecular weight excluding hydrogens is 306 g/mol. The molecule has 23 heavy (non-hydrogen) atoms. The summed E-state index contributed by atoms with van der Waals surface area (Å²) in [7, 11) is 3.43. The fraction of sp³-hybridized carbons (Fsp3) is 0.211. The molecule has 120 valence electrons. The van der Waals surface area contributed by atoms with E-state index in [9.17, 15) is 4.79 Å². The van der Waals surface area contributed by atoms with Gasteiger partial charge in [-0.25, -0.2) is 0 Å². The number of rotatable bonds is 6. The molecule has 2 aromatic carbocycles. The van der Waals surface area contributed by atoms with Gasteiger partial charge in [-0.05, 0) is 36.1 Å². The molecule has 0 aromatic heterocycles. The van der Waals surface area contributed by atoms with Crippen molar-refractivity contribution in [3.8, 4) is 5.75 Å². The monoisotopic (exact) mass is 327 g/mol. The van der Waals surface area contributed by atoms with E-state index in [1.807, 2.05) is 30.5 Å². The Labute approximate surface area is 142 Å². The van der Waals surface area contributed by atoms with Gasteiger partial charge in [-0.2, -0.15) is 0 Å². The molecule has 3 nitrogen and oxygen atoms in total. The van der Waals surface area contributed by atoms with Gasteiger partial charge in [-0.3, -0.25) is 4.79 Å². The van der Waals surface area contributed by atoms with Crippen molar-refractivity contribution in [1.82, 2.24) is 4.90 Å². The number of para-hydroxylation sites is 1. The highest BCUT2D eigenvalue weighted by molar-refractivity contribution is 7.98. The van der Waals surface area contributed by atoms with Crippen LogP contribution in [0.5, 0.6) is 5.75 Å². The highest BCUT2D eigenvalue weighted by Gasteiger charge is 2.06. The molecule has 0 aliphatic heterocycles. The van der Waals surface area contributed by atoms with Crippen molar-refractivity contribution in [2.45, 2.75) is 11.4 Å². The molecule has 0 unspecified atom stereocenters. The van der Waals surface area contributed by atoms with Crippen molar-refractivity contribution in [2.24, 2.45) is 0 Å². The number of hydrogen-bond donors (Lipinski definition) is 0. The molecule has 0 fully saturated rings. The minimum atomic E-state index is -0.0372. The summed E-state index contributed by atoms with van der Waals surface area (Å²) < 4.78 is 5.28. The maximum atomic E-state index is 12.2. The second kappa shape index (κ2) is 8.44. The van der Waals surface area contributed by atoms with E-state index in [1.165, 1.54) is 4.90 Å². The first kappa shape index (κ1) is 17.2. The lowest BCUT2D eigenvalue weighted by molar-refractivity contribution is -0.125. The van der Waals surface area contributed by atoms with E-state index in [1.54, 1.807) is 43.0 Å². The van der Waals surface area contributed by atoms with Crippen LogP contribution in [-0.2, 0) is 11.3 Å². The summed E-state index contributed by atoms with van der Waals surface area (Å²) in [5.74, 6) is 0.719. The van der Waals surface area contributed by atoms with E-state index >= 15 is 0 Å². The SMILES string of the molecule is COc1ccccc1/C=C/C(=O)N(C)Cc1ccc(SC)cc1. The number of nitrogens with zero attached hydrogens (tertiary/aromatic N) is 1. The predicted octanol–water partition coefficient (Wildman–Crippen LogP) is 4.09. The van der Waals surface area contributed by atoms with Crippen LogP contribution in [0.2, 0.25) is 0 Å². The zero-order valence-electron chi connectivity index (χ0n) is 13.7. The summed E-state index contributed by atoms with van der Waals surface area (Å²) in [6.45, 7) is 0.587. The van der Waals surface area contributed by atoms with E-state index < -0.39 is 0 Å². The summed E-state index contributed by atoms with van der Waals surface area (Å²) in [5.41, 5.74) is 2.01. The largest absolute Gasteiger partial charge is 0.496 e. The minimum absolute atomic E-state index is 0.0372. The fourth-order valence-corrected chi connectivity index (χ4v) is 2.58. The molecule has 0 saturated heterocycles. The van der Waals surface area contributed by atoms with E-state index in [-0.39, 0.29) is 5.91 Å². The number of carbonyl (C=O) groups excluding carboxylic acids is 1. The van der Waals surface area contributed by atoms with Crippen LogP contribution in [0.4, 0.5) is 0 Å². The molecule has 0 heterocycles. The third-order valence-electron chi connectivity index (χ3n) is 3.50. The topological polar surface area (TPSA) is 29.5 Å². The molecule has 0 radical (unpaired) electrons. The molecule has 0 aliphatic rings. The number of likely N-dealkylation sites (N-methyl/N-ethyl adjacent to an activating group) is 1. The zero-order valence-corrected chi connectivity index (χ0v) is 14.5. The maximum absolute atomic E-state index is 12.2. The second-order valence-electron chi connectivity index (χ2n) is 5.12. The Morgan fingerprint density at radius 1 is 1.17 bits per heavy atom. The molecule has 2 aromatic rings. The smallest absolute Gasteiger partial charge is 0.246 e. The summed E-state index contributed by atoms with van der Waals surface area (Å²) in [5, 5.41) is 0. The van der Waals surface area contributed by atoms with Crippen molar-refractivity contribution < 1.29 is 9.53 Å². The quantitative estimate of drug-likeness (QED) is 0.591. The van der Waals surface area contributed by atoms with Gasteiger partial charge in [0.05, 0.1) is 7.11 Å². The van der Waals surface area contributed by atoms with Gasteiger partial charge in [0.25, 0.3) is 0 Å². The zero-order chi connectivity index (χ0) is 16.7. The first-order valence-electron chi connectivity index (χ1n) is 7.33. The van der Waals surface area contributed by atoms with Crippen LogP contribution in [0, 0.1) is 0 Å². The molecule has 0 aliphatic carbocycles. The Balaban J connectivity index is 2.00. The van der Waals surface area contributed by atoms with Crippen molar-refractivity contribution in [3.05, 3.63) is 65.7 Å². The van der Waals surface area contributed by atoms with E-state index in [0.29, 0.717) is 6.54 Å². The van der Waals surface area contributed by atoms with E-state index in [2.05, 4.69) is 24.3 Å². The van der Waals surface area contributed by atoms with Gasteiger partial charge in [0.2, 0.25) is 5.91 Å². The van der Waals surface area contributed by atoms with Crippen molar-refractivity contribution in [2.75, 3.05) is 20.4 Å². The highest BCUT2D eigenvalue weighted by atomic mass is 32.2. The van der Waals surface area contributed by atoms with Gasteiger partial charge >= 0.3 is 0 Å². The summed E-state index contributed by atoms with van der Waals surface area (Å²) in [4.78, 5) is 15.2. The van der Waals surface area contributed by atoms with Crippen molar-refractivity contribution in [3.63, 3.8) is 0 Å². The molecule has 0 N–H and O–H groups in total.